The Morgan fingerprint density at radius 3 is 2.50 bits per heavy atom. The third-order valence-corrected chi connectivity index (χ3v) is 9.12. The van der Waals surface area contributed by atoms with E-state index in [1.54, 1.807) is 0 Å². The molecule has 2 N–H and O–H groups in total. The highest BCUT2D eigenvalue weighted by molar-refractivity contribution is 7.82. The fraction of sp³-hybridized carbons (Fsp3) is 0.680. The summed E-state index contributed by atoms with van der Waals surface area (Å²) in [5.74, 6) is 0.505. The van der Waals surface area contributed by atoms with Crippen molar-refractivity contribution in [2.24, 2.45) is 13.0 Å². The van der Waals surface area contributed by atoms with E-state index in [0.29, 0.717) is 39.7 Å². The van der Waals surface area contributed by atoms with Gasteiger partial charge >= 0.3 is 0 Å². The molecular formula is C25H37N3O4S2. The molecule has 2 fully saturated rings. The first-order valence-electron chi connectivity index (χ1n) is 12.3. The van der Waals surface area contributed by atoms with Crippen molar-refractivity contribution in [2.75, 3.05) is 13.2 Å². The van der Waals surface area contributed by atoms with Gasteiger partial charge in [0.1, 0.15) is 14.9 Å². The standard InChI is InChI=1S/C25H37N3O4S2/c1-25(2,3)21-24(34(30)31)33-23(27-21)18-15-20(22(29)26-17-10-12-32-13-11-17)28(4)19(18)14-16-8-6-5-7-9-16/h15-17H,5-14H2,1-4H3,(H,26,29)(H,30,31). The van der Waals surface area contributed by atoms with Gasteiger partial charge in [-0.3, -0.25) is 4.79 Å². The number of carbonyl (C=O) groups is 1. The van der Waals surface area contributed by atoms with E-state index in [1.807, 2.05) is 38.5 Å². The maximum Gasteiger partial charge on any atom is 0.268 e. The second-order valence-electron chi connectivity index (χ2n) is 10.7. The molecule has 0 radical (unpaired) electrons. The summed E-state index contributed by atoms with van der Waals surface area (Å²) in [7, 11) is 1.96. The van der Waals surface area contributed by atoms with Gasteiger partial charge in [0.25, 0.3) is 5.91 Å². The highest BCUT2D eigenvalue weighted by Gasteiger charge is 2.30. The van der Waals surface area contributed by atoms with Gasteiger partial charge in [0.15, 0.2) is 11.1 Å². The zero-order valence-electron chi connectivity index (χ0n) is 20.7. The average molecular weight is 508 g/mol. The average Bonchev–Trinajstić information content (AvgIpc) is 3.38. The first-order chi connectivity index (χ1) is 16.1. The first kappa shape index (κ1) is 25.5. The molecule has 4 rings (SSSR count). The predicted octanol–water partition coefficient (Wildman–Crippen LogP) is 5.06. The Labute approximate surface area is 209 Å². The van der Waals surface area contributed by atoms with Crippen LogP contribution < -0.4 is 5.32 Å². The topological polar surface area (TPSA) is 93.5 Å². The van der Waals surface area contributed by atoms with Crippen LogP contribution in [0.4, 0.5) is 0 Å². The van der Waals surface area contributed by atoms with Gasteiger partial charge in [-0.1, -0.05) is 52.9 Å². The van der Waals surface area contributed by atoms with Crippen LogP contribution >= 0.6 is 11.3 Å². The number of ether oxygens (including phenoxy) is 1. The molecule has 1 amide bonds. The Hall–Kier alpha value is -1.55. The minimum atomic E-state index is -2.11. The van der Waals surface area contributed by atoms with Crippen LogP contribution in [0.25, 0.3) is 10.6 Å². The number of aromatic nitrogens is 2. The number of hydrogen-bond donors (Lipinski definition) is 2. The molecule has 34 heavy (non-hydrogen) atoms. The van der Waals surface area contributed by atoms with Crippen molar-refractivity contribution in [3.8, 4) is 10.6 Å². The molecule has 2 aromatic rings. The lowest BCUT2D eigenvalue weighted by atomic mass is 9.85. The number of amides is 1. The van der Waals surface area contributed by atoms with E-state index < -0.39 is 11.1 Å². The van der Waals surface area contributed by atoms with Gasteiger partial charge in [-0.15, -0.1) is 11.3 Å². The number of hydrogen-bond acceptors (Lipinski definition) is 5. The Morgan fingerprint density at radius 1 is 1.24 bits per heavy atom. The molecule has 3 heterocycles. The minimum absolute atomic E-state index is 0.0795. The second kappa shape index (κ2) is 10.6. The van der Waals surface area contributed by atoms with E-state index >= 15 is 0 Å². The summed E-state index contributed by atoms with van der Waals surface area (Å²) in [5, 5.41) is 3.90. The number of rotatable bonds is 6. The maximum atomic E-state index is 13.3. The molecule has 1 saturated carbocycles. The Balaban J connectivity index is 1.73. The van der Waals surface area contributed by atoms with Gasteiger partial charge in [0, 0.05) is 43.0 Å². The molecule has 188 valence electrons. The number of nitrogens with one attached hydrogen (secondary N) is 1. The number of carbonyl (C=O) groups excluding carboxylic acids is 1. The van der Waals surface area contributed by atoms with Crippen molar-refractivity contribution in [1.82, 2.24) is 14.9 Å². The van der Waals surface area contributed by atoms with Crippen LogP contribution in [0.1, 0.15) is 87.6 Å². The van der Waals surface area contributed by atoms with E-state index in [2.05, 4.69) is 5.32 Å². The van der Waals surface area contributed by atoms with Gasteiger partial charge in [0.2, 0.25) is 0 Å². The van der Waals surface area contributed by atoms with Crippen molar-refractivity contribution in [3.63, 3.8) is 0 Å². The number of nitrogens with zero attached hydrogens (tertiary/aromatic N) is 2. The summed E-state index contributed by atoms with van der Waals surface area (Å²) < 4.78 is 29.9. The zero-order chi connectivity index (χ0) is 24.5. The van der Waals surface area contributed by atoms with Crippen LogP contribution in [-0.4, -0.2) is 43.5 Å². The highest BCUT2D eigenvalue weighted by atomic mass is 32.2. The van der Waals surface area contributed by atoms with Gasteiger partial charge in [-0.05, 0) is 31.2 Å². The van der Waals surface area contributed by atoms with Gasteiger partial charge in [-0.25, -0.2) is 9.19 Å². The minimum Gasteiger partial charge on any atom is -0.381 e. The second-order valence-corrected chi connectivity index (χ2v) is 12.8. The van der Waals surface area contributed by atoms with Crippen molar-refractivity contribution in [2.45, 2.75) is 87.8 Å². The SMILES string of the molecule is Cn1c(C(=O)NC2CCOCC2)cc(-c2nc(C(C)(C)C)c(S(=O)O)s2)c1CC1CCCCC1. The smallest absolute Gasteiger partial charge is 0.268 e. The third-order valence-electron chi connectivity index (χ3n) is 7.05. The van der Waals surface area contributed by atoms with Gasteiger partial charge in [-0.2, -0.15) is 0 Å². The molecule has 2 aromatic heterocycles. The summed E-state index contributed by atoms with van der Waals surface area (Å²) in [4.78, 5) is 18.1. The van der Waals surface area contributed by atoms with Crippen LogP contribution in [0.3, 0.4) is 0 Å². The summed E-state index contributed by atoms with van der Waals surface area (Å²) in [6, 6.07) is 2.06. The lowest BCUT2D eigenvalue weighted by molar-refractivity contribution is 0.0692. The normalized spacial score (nSPS) is 19.3. The van der Waals surface area contributed by atoms with E-state index in [-0.39, 0.29) is 17.4 Å². The summed E-state index contributed by atoms with van der Waals surface area (Å²) in [6.07, 6.45) is 8.73. The van der Waals surface area contributed by atoms with Crippen LogP contribution in [0.15, 0.2) is 10.3 Å². The molecule has 0 aromatic carbocycles. The predicted molar refractivity (Wildman–Crippen MR) is 136 cm³/mol. The molecule has 1 saturated heterocycles. The van der Waals surface area contributed by atoms with Gasteiger partial charge in [0.05, 0.1) is 5.69 Å². The van der Waals surface area contributed by atoms with E-state index in [0.717, 1.165) is 30.5 Å². The zero-order valence-corrected chi connectivity index (χ0v) is 22.3. The lowest BCUT2D eigenvalue weighted by Crippen LogP contribution is -2.39. The van der Waals surface area contributed by atoms with Crippen LogP contribution in [0.2, 0.25) is 0 Å². The largest absolute Gasteiger partial charge is 0.381 e. The lowest BCUT2D eigenvalue weighted by Gasteiger charge is -2.24. The molecule has 1 aliphatic heterocycles. The molecule has 1 unspecified atom stereocenters. The van der Waals surface area contributed by atoms with Crippen molar-refractivity contribution in [3.05, 3.63) is 23.1 Å². The van der Waals surface area contributed by atoms with Crippen LogP contribution in [0.5, 0.6) is 0 Å². The molecule has 2 aliphatic rings. The fourth-order valence-corrected chi connectivity index (χ4v) is 7.16. The Morgan fingerprint density at radius 2 is 1.91 bits per heavy atom. The summed E-state index contributed by atoms with van der Waals surface area (Å²) in [5.41, 5.74) is 2.91. The maximum absolute atomic E-state index is 13.3. The summed E-state index contributed by atoms with van der Waals surface area (Å²) >= 11 is -0.837. The monoisotopic (exact) mass is 507 g/mol. The van der Waals surface area contributed by atoms with Crippen molar-refractivity contribution in [1.29, 1.82) is 0 Å². The molecule has 1 atom stereocenters. The van der Waals surface area contributed by atoms with Gasteiger partial charge < -0.3 is 19.2 Å². The van der Waals surface area contributed by atoms with Crippen molar-refractivity contribution < 1.29 is 18.3 Å². The first-order valence-corrected chi connectivity index (χ1v) is 14.3. The Bertz CT molecular complexity index is 1040. The Kier molecular flexibility index (Phi) is 7.96. The van der Waals surface area contributed by atoms with Crippen LogP contribution in [0, 0.1) is 5.92 Å². The third kappa shape index (κ3) is 5.64. The molecule has 9 heteroatoms. The number of thiazole rings is 1. The molecule has 7 nitrogen and oxygen atoms in total. The molecular weight excluding hydrogens is 470 g/mol. The van der Waals surface area contributed by atoms with E-state index in [4.69, 9.17) is 9.72 Å². The highest BCUT2D eigenvalue weighted by Crippen LogP contribution is 2.40. The quantitative estimate of drug-likeness (QED) is 0.533. The molecule has 1 aliphatic carbocycles. The summed E-state index contributed by atoms with van der Waals surface area (Å²) in [6.45, 7) is 7.35. The van der Waals surface area contributed by atoms with E-state index in [1.165, 1.54) is 43.4 Å². The molecule has 0 spiro atoms. The van der Waals surface area contributed by atoms with Crippen LogP contribution in [-0.2, 0) is 34.7 Å². The van der Waals surface area contributed by atoms with Crippen molar-refractivity contribution >= 4 is 28.3 Å². The fourth-order valence-electron chi connectivity index (χ4n) is 5.07. The molecule has 0 bridgehead atoms. The van der Waals surface area contributed by atoms with E-state index in [9.17, 15) is 13.6 Å².